The second-order valence-electron chi connectivity index (χ2n) is 8.06. The second kappa shape index (κ2) is 8.08. The summed E-state index contributed by atoms with van der Waals surface area (Å²) in [5.41, 5.74) is 4.11. The number of nitrogens with one attached hydrogen (secondary N) is 2. The summed E-state index contributed by atoms with van der Waals surface area (Å²) in [5.74, 6) is 1.45. The molecule has 2 heterocycles. The molecule has 2 aromatic carbocycles. The maximum atomic E-state index is 13.1. The molecule has 0 spiro atoms. The first-order valence-electron chi connectivity index (χ1n) is 10.3. The zero-order chi connectivity index (χ0) is 20.7. The molecule has 0 saturated heterocycles. The number of carbonyl (C=O) groups excluding carboxylic acids is 1. The molecular formula is C24H23BrN2O2S. The van der Waals surface area contributed by atoms with E-state index < -0.39 is 0 Å². The van der Waals surface area contributed by atoms with Crippen LogP contribution in [0.15, 0.2) is 53.0 Å². The van der Waals surface area contributed by atoms with Gasteiger partial charge in [0.2, 0.25) is 0 Å². The summed E-state index contributed by atoms with van der Waals surface area (Å²) < 4.78 is 7.09. The van der Waals surface area contributed by atoms with Crippen LogP contribution in [0, 0.1) is 5.92 Å². The molecule has 2 N–H and O–H groups in total. The number of hydrogen-bond acceptors (Lipinski definition) is 4. The highest BCUT2D eigenvalue weighted by atomic mass is 79.9. The van der Waals surface area contributed by atoms with E-state index in [4.69, 9.17) is 4.74 Å². The van der Waals surface area contributed by atoms with E-state index in [0.717, 1.165) is 51.2 Å². The molecule has 1 amide bonds. The molecule has 0 fully saturated rings. The predicted octanol–water partition coefficient (Wildman–Crippen LogP) is 6.07. The van der Waals surface area contributed by atoms with Crippen LogP contribution in [0.25, 0.3) is 0 Å². The van der Waals surface area contributed by atoms with Crippen molar-refractivity contribution >= 4 is 38.2 Å². The molecule has 0 unspecified atom stereocenters. The lowest BCUT2D eigenvalue weighted by Crippen LogP contribution is -2.38. The van der Waals surface area contributed by atoms with Crippen LogP contribution in [0.3, 0.4) is 0 Å². The molecule has 0 bridgehead atoms. The van der Waals surface area contributed by atoms with E-state index in [1.54, 1.807) is 11.3 Å². The van der Waals surface area contributed by atoms with Crippen molar-refractivity contribution in [1.29, 1.82) is 0 Å². The third-order valence-corrected chi connectivity index (χ3v) is 7.49. The number of ether oxygens (including phenoxy) is 1. The van der Waals surface area contributed by atoms with Gasteiger partial charge in [0, 0.05) is 14.9 Å². The molecule has 1 aliphatic heterocycles. The fourth-order valence-electron chi connectivity index (χ4n) is 4.23. The Morgan fingerprint density at radius 1 is 1.17 bits per heavy atom. The predicted molar refractivity (Wildman–Crippen MR) is 124 cm³/mol. The summed E-state index contributed by atoms with van der Waals surface area (Å²) in [6.07, 6.45) is 2.88. The van der Waals surface area contributed by atoms with Gasteiger partial charge in [0.05, 0.1) is 5.56 Å². The van der Waals surface area contributed by atoms with Gasteiger partial charge in [0.1, 0.15) is 23.5 Å². The van der Waals surface area contributed by atoms with Crippen LogP contribution in [0.2, 0.25) is 0 Å². The zero-order valence-electron chi connectivity index (χ0n) is 16.7. The van der Waals surface area contributed by atoms with E-state index in [-0.39, 0.29) is 12.1 Å². The quantitative estimate of drug-likeness (QED) is 0.474. The Bertz CT molecular complexity index is 1100. The number of amides is 1. The van der Waals surface area contributed by atoms with Crippen molar-refractivity contribution in [1.82, 2.24) is 5.32 Å². The Balaban J connectivity index is 1.44. The normalized spacial score (nSPS) is 20.0. The molecule has 30 heavy (non-hydrogen) atoms. The van der Waals surface area contributed by atoms with Crippen LogP contribution in [-0.2, 0) is 19.4 Å². The Kier molecular flexibility index (Phi) is 5.29. The lowest BCUT2D eigenvalue weighted by molar-refractivity contribution is 0.0934. The molecule has 6 heteroatoms. The van der Waals surface area contributed by atoms with Crippen LogP contribution in [0.5, 0.6) is 5.75 Å². The molecule has 1 aliphatic carbocycles. The van der Waals surface area contributed by atoms with Crippen LogP contribution in [-0.4, -0.2) is 5.91 Å². The Hall–Kier alpha value is -2.31. The molecular weight excluding hydrogens is 460 g/mol. The van der Waals surface area contributed by atoms with Crippen molar-refractivity contribution < 1.29 is 9.53 Å². The molecule has 4 nitrogen and oxygen atoms in total. The van der Waals surface area contributed by atoms with Crippen molar-refractivity contribution in [2.24, 2.45) is 5.92 Å². The number of fused-ring (bicyclic) bond motifs is 3. The third kappa shape index (κ3) is 3.74. The van der Waals surface area contributed by atoms with Gasteiger partial charge in [-0.2, -0.15) is 0 Å². The number of carbonyl (C=O) groups is 1. The monoisotopic (exact) mass is 482 g/mol. The van der Waals surface area contributed by atoms with Gasteiger partial charge in [-0.3, -0.25) is 4.79 Å². The number of rotatable bonds is 4. The van der Waals surface area contributed by atoms with Gasteiger partial charge in [0.25, 0.3) is 5.91 Å². The zero-order valence-corrected chi connectivity index (χ0v) is 19.1. The highest BCUT2D eigenvalue weighted by Gasteiger charge is 2.34. The van der Waals surface area contributed by atoms with E-state index in [2.05, 4.69) is 33.5 Å². The van der Waals surface area contributed by atoms with Crippen LogP contribution in [0.1, 0.15) is 51.4 Å². The highest BCUT2D eigenvalue weighted by Crippen LogP contribution is 2.43. The van der Waals surface area contributed by atoms with Gasteiger partial charge in [0.15, 0.2) is 0 Å². The van der Waals surface area contributed by atoms with Crippen LogP contribution < -0.4 is 15.4 Å². The fraction of sp³-hybridized carbons (Fsp3) is 0.292. The largest absolute Gasteiger partial charge is 0.488 e. The Morgan fingerprint density at radius 2 is 2.00 bits per heavy atom. The van der Waals surface area contributed by atoms with E-state index >= 15 is 0 Å². The maximum absolute atomic E-state index is 13.1. The fourth-order valence-corrected chi connectivity index (χ4v) is 6.05. The first-order chi connectivity index (χ1) is 14.6. The highest BCUT2D eigenvalue weighted by molar-refractivity contribution is 9.10. The average Bonchev–Trinajstić information content (AvgIpc) is 3.11. The van der Waals surface area contributed by atoms with Gasteiger partial charge in [-0.25, -0.2) is 0 Å². The summed E-state index contributed by atoms with van der Waals surface area (Å²) in [6, 6.07) is 16.0. The molecule has 154 valence electrons. The van der Waals surface area contributed by atoms with Crippen molar-refractivity contribution in [3.8, 4) is 5.75 Å². The third-order valence-electron chi connectivity index (χ3n) is 5.81. The van der Waals surface area contributed by atoms with Crippen molar-refractivity contribution in [2.75, 3.05) is 5.32 Å². The summed E-state index contributed by atoms with van der Waals surface area (Å²) in [6.45, 7) is 2.77. The first-order valence-corrected chi connectivity index (χ1v) is 11.9. The minimum absolute atomic E-state index is 0.00906. The Labute approximate surface area is 188 Å². The average molecular weight is 483 g/mol. The molecule has 0 radical (unpaired) electrons. The van der Waals surface area contributed by atoms with Gasteiger partial charge < -0.3 is 15.4 Å². The number of halogens is 1. The summed E-state index contributed by atoms with van der Waals surface area (Å²) in [7, 11) is 0. The van der Waals surface area contributed by atoms with Crippen LogP contribution >= 0.6 is 27.3 Å². The van der Waals surface area contributed by atoms with E-state index in [9.17, 15) is 4.79 Å². The van der Waals surface area contributed by atoms with E-state index in [0.29, 0.717) is 12.5 Å². The summed E-state index contributed by atoms with van der Waals surface area (Å²) in [4.78, 5) is 14.4. The standard InChI is InChI=1S/C24H23BrN2O2S/c1-14-7-9-17-20(11-14)30-24-21(17)23(28)26-22(27-24)18-12-16(25)8-10-19(18)29-13-15-5-3-2-4-6-15/h2-6,8,10,12,14,22,27H,7,9,11,13H2,1H3,(H,26,28)/t14-,22+/m0/s1. The maximum Gasteiger partial charge on any atom is 0.256 e. The molecule has 2 atom stereocenters. The van der Waals surface area contributed by atoms with E-state index in [1.807, 2.05) is 48.5 Å². The number of anilines is 1. The molecule has 3 aromatic rings. The van der Waals surface area contributed by atoms with E-state index in [1.165, 1.54) is 10.4 Å². The number of benzene rings is 2. The van der Waals surface area contributed by atoms with Gasteiger partial charge in [-0.05, 0) is 54.5 Å². The molecule has 0 saturated carbocycles. The Morgan fingerprint density at radius 3 is 2.83 bits per heavy atom. The number of thiophene rings is 1. The van der Waals surface area contributed by atoms with Gasteiger partial charge in [-0.15, -0.1) is 11.3 Å². The molecule has 5 rings (SSSR count). The van der Waals surface area contributed by atoms with Gasteiger partial charge >= 0.3 is 0 Å². The lowest BCUT2D eigenvalue weighted by Gasteiger charge is -2.28. The second-order valence-corrected chi connectivity index (χ2v) is 10.1. The minimum atomic E-state index is -0.328. The lowest BCUT2D eigenvalue weighted by atomic mass is 9.88. The summed E-state index contributed by atoms with van der Waals surface area (Å²) in [5, 5.41) is 7.71. The SMILES string of the molecule is C[C@H]1CCc2c(sc3c2C(=O)N[C@@H](c2cc(Br)ccc2OCc2ccccc2)N3)C1. The topological polar surface area (TPSA) is 50.4 Å². The minimum Gasteiger partial charge on any atom is -0.488 e. The van der Waals surface area contributed by atoms with Crippen molar-refractivity contribution in [3.63, 3.8) is 0 Å². The van der Waals surface area contributed by atoms with Crippen molar-refractivity contribution in [2.45, 2.75) is 39.0 Å². The van der Waals surface area contributed by atoms with Crippen molar-refractivity contribution in [3.05, 3.63) is 80.1 Å². The smallest absolute Gasteiger partial charge is 0.256 e. The summed E-state index contributed by atoms with van der Waals surface area (Å²) >= 11 is 5.30. The van der Waals surface area contributed by atoms with Crippen LogP contribution in [0.4, 0.5) is 5.00 Å². The number of hydrogen-bond donors (Lipinski definition) is 2. The van der Waals surface area contributed by atoms with Gasteiger partial charge in [-0.1, -0.05) is 53.2 Å². The molecule has 1 aromatic heterocycles. The molecule has 2 aliphatic rings. The first kappa shape index (κ1) is 19.6.